The van der Waals surface area contributed by atoms with E-state index in [1.54, 1.807) is 0 Å². The lowest BCUT2D eigenvalue weighted by Crippen LogP contribution is -2.41. The maximum absolute atomic E-state index is 13.3. The van der Waals surface area contributed by atoms with Crippen LogP contribution in [0.4, 0.5) is 14.9 Å². The molecule has 0 unspecified atom stereocenters. The average Bonchev–Trinajstić information content (AvgIpc) is 2.55. The van der Waals surface area contributed by atoms with Gasteiger partial charge in [0.25, 0.3) is 0 Å². The van der Waals surface area contributed by atoms with E-state index in [0.29, 0.717) is 24.4 Å². The van der Waals surface area contributed by atoms with Crippen molar-refractivity contribution in [2.24, 2.45) is 5.41 Å². The summed E-state index contributed by atoms with van der Waals surface area (Å²) >= 11 is 0. The first-order valence-electron chi connectivity index (χ1n) is 8.08. The highest BCUT2D eigenvalue weighted by molar-refractivity contribution is 5.90. The van der Waals surface area contributed by atoms with Gasteiger partial charge in [-0.25, -0.2) is 9.18 Å². The number of aliphatic hydroxyl groups excluding tert-OH is 1. The topological polar surface area (TPSA) is 70.6 Å². The molecule has 0 radical (unpaired) electrons. The van der Waals surface area contributed by atoms with E-state index in [4.69, 9.17) is 4.74 Å². The van der Waals surface area contributed by atoms with Crippen LogP contribution in [-0.4, -0.2) is 31.4 Å². The number of hydrogen-bond acceptors (Lipinski definition) is 3. The second-order valence-corrected chi connectivity index (χ2v) is 6.19. The molecule has 1 aliphatic rings. The quantitative estimate of drug-likeness (QED) is 0.752. The largest absolute Gasteiger partial charge is 0.495 e. The molecule has 5 nitrogen and oxygen atoms in total. The molecule has 0 spiro atoms. The molecule has 0 atom stereocenters. The first-order chi connectivity index (χ1) is 11.1. The average molecular weight is 324 g/mol. The molecule has 3 N–H and O–H groups in total. The Kier molecular flexibility index (Phi) is 6.21. The molecule has 128 valence electrons. The van der Waals surface area contributed by atoms with Crippen molar-refractivity contribution in [2.45, 2.75) is 38.5 Å². The van der Waals surface area contributed by atoms with Crippen LogP contribution in [0.5, 0.6) is 5.75 Å². The van der Waals surface area contributed by atoms with Gasteiger partial charge in [-0.1, -0.05) is 19.3 Å². The molecular formula is C17H25FN2O3. The zero-order valence-electron chi connectivity index (χ0n) is 13.5. The van der Waals surface area contributed by atoms with Crippen molar-refractivity contribution < 1.29 is 19.0 Å². The Morgan fingerprint density at radius 1 is 1.35 bits per heavy atom. The number of carbonyl (C=O) groups excluding carboxylic acids is 1. The second kappa shape index (κ2) is 8.15. The first kappa shape index (κ1) is 17.5. The fourth-order valence-corrected chi connectivity index (χ4v) is 3.27. The summed E-state index contributed by atoms with van der Waals surface area (Å²) in [5, 5.41) is 14.8. The maximum atomic E-state index is 13.3. The van der Waals surface area contributed by atoms with Gasteiger partial charge in [-0.15, -0.1) is 0 Å². The fourth-order valence-electron chi connectivity index (χ4n) is 3.27. The van der Waals surface area contributed by atoms with Gasteiger partial charge in [-0.2, -0.15) is 0 Å². The Hall–Kier alpha value is -1.82. The number of urea groups is 1. The van der Waals surface area contributed by atoms with Crippen LogP contribution < -0.4 is 15.4 Å². The number of methoxy groups -OCH3 is 1. The highest BCUT2D eigenvalue weighted by Gasteiger charge is 2.31. The highest BCUT2D eigenvalue weighted by Crippen LogP contribution is 2.38. The van der Waals surface area contributed by atoms with Crippen LogP contribution in [-0.2, 0) is 0 Å². The lowest BCUT2D eigenvalue weighted by atomic mass is 9.72. The Morgan fingerprint density at radius 2 is 2.09 bits per heavy atom. The molecule has 2 amide bonds. The molecule has 0 saturated heterocycles. The number of amides is 2. The molecule has 1 aromatic carbocycles. The Bertz CT molecular complexity index is 525. The van der Waals surface area contributed by atoms with Crippen LogP contribution in [0.25, 0.3) is 0 Å². The third kappa shape index (κ3) is 4.82. The number of benzene rings is 1. The summed E-state index contributed by atoms with van der Waals surface area (Å²) in [5.41, 5.74) is 0.265. The molecule has 0 aliphatic heterocycles. The standard InChI is InChI=1S/C17H25FN2O3/c1-23-15-6-5-13(18)11-14(15)20-16(22)19-12-17(9-10-21)7-3-2-4-8-17/h5-6,11,21H,2-4,7-10,12H2,1H3,(H2,19,20,22). The van der Waals surface area contributed by atoms with Crippen molar-refractivity contribution in [3.63, 3.8) is 0 Å². The van der Waals surface area contributed by atoms with Crippen molar-refractivity contribution in [1.29, 1.82) is 0 Å². The number of anilines is 1. The molecule has 1 aliphatic carbocycles. The minimum atomic E-state index is -0.440. The van der Waals surface area contributed by atoms with Crippen molar-refractivity contribution in [1.82, 2.24) is 5.32 Å². The summed E-state index contributed by atoms with van der Waals surface area (Å²) in [6, 6.07) is 3.58. The molecule has 1 aromatic rings. The number of rotatable bonds is 6. The predicted octanol–water partition coefficient (Wildman–Crippen LogP) is 3.29. The lowest BCUT2D eigenvalue weighted by molar-refractivity contribution is 0.128. The number of aliphatic hydroxyl groups is 1. The van der Waals surface area contributed by atoms with Crippen LogP contribution in [0.1, 0.15) is 38.5 Å². The molecule has 0 bridgehead atoms. The molecular weight excluding hydrogens is 299 g/mol. The first-order valence-corrected chi connectivity index (χ1v) is 8.08. The van der Waals surface area contributed by atoms with Gasteiger partial charge in [-0.05, 0) is 36.8 Å². The van der Waals surface area contributed by atoms with E-state index in [0.717, 1.165) is 25.7 Å². The number of hydrogen-bond donors (Lipinski definition) is 3. The van der Waals surface area contributed by atoms with Gasteiger partial charge in [0.2, 0.25) is 0 Å². The molecule has 1 fully saturated rings. The summed E-state index contributed by atoms with van der Waals surface area (Å²) in [5.74, 6) is -0.0329. The summed E-state index contributed by atoms with van der Waals surface area (Å²) in [6.45, 7) is 0.637. The van der Waals surface area contributed by atoms with Crippen molar-refractivity contribution in [2.75, 3.05) is 25.6 Å². The van der Waals surface area contributed by atoms with Gasteiger partial charge in [0.05, 0.1) is 12.8 Å². The van der Waals surface area contributed by atoms with E-state index in [9.17, 15) is 14.3 Å². The van der Waals surface area contributed by atoms with Gasteiger partial charge in [-0.3, -0.25) is 0 Å². The van der Waals surface area contributed by atoms with E-state index in [2.05, 4.69) is 10.6 Å². The minimum absolute atomic E-state index is 0.0314. The van der Waals surface area contributed by atoms with Crippen molar-refractivity contribution in [3.8, 4) is 5.75 Å². The monoisotopic (exact) mass is 324 g/mol. The van der Waals surface area contributed by atoms with Crippen LogP contribution in [0.15, 0.2) is 18.2 Å². The van der Waals surface area contributed by atoms with E-state index >= 15 is 0 Å². The zero-order chi connectivity index (χ0) is 16.7. The lowest BCUT2D eigenvalue weighted by Gasteiger charge is -2.37. The van der Waals surface area contributed by atoms with E-state index in [-0.39, 0.29) is 12.0 Å². The molecule has 6 heteroatoms. The van der Waals surface area contributed by atoms with E-state index in [1.807, 2.05) is 0 Å². The number of halogens is 1. The third-order valence-corrected chi connectivity index (χ3v) is 4.59. The van der Waals surface area contributed by atoms with Gasteiger partial charge >= 0.3 is 6.03 Å². The third-order valence-electron chi connectivity index (χ3n) is 4.59. The number of nitrogens with one attached hydrogen (secondary N) is 2. The predicted molar refractivity (Wildman–Crippen MR) is 87.2 cm³/mol. The van der Waals surface area contributed by atoms with Crippen LogP contribution >= 0.6 is 0 Å². The van der Waals surface area contributed by atoms with Gasteiger partial charge in [0.15, 0.2) is 0 Å². The number of ether oxygens (including phenoxy) is 1. The highest BCUT2D eigenvalue weighted by atomic mass is 19.1. The van der Waals surface area contributed by atoms with Crippen LogP contribution in [0.2, 0.25) is 0 Å². The zero-order valence-corrected chi connectivity index (χ0v) is 13.5. The van der Waals surface area contributed by atoms with Gasteiger partial charge in [0, 0.05) is 19.2 Å². The smallest absolute Gasteiger partial charge is 0.319 e. The van der Waals surface area contributed by atoms with Crippen LogP contribution in [0.3, 0.4) is 0 Å². The minimum Gasteiger partial charge on any atom is -0.495 e. The van der Waals surface area contributed by atoms with Crippen molar-refractivity contribution >= 4 is 11.7 Å². The fraction of sp³-hybridized carbons (Fsp3) is 0.588. The summed E-state index contributed by atoms with van der Waals surface area (Å²) < 4.78 is 18.4. The van der Waals surface area contributed by atoms with Gasteiger partial charge < -0.3 is 20.5 Å². The SMILES string of the molecule is COc1ccc(F)cc1NC(=O)NCC1(CCO)CCCCC1. The summed E-state index contributed by atoms with van der Waals surface area (Å²) in [7, 11) is 1.47. The Morgan fingerprint density at radius 3 is 2.74 bits per heavy atom. The Labute approximate surface area is 136 Å². The van der Waals surface area contributed by atoms with Crippen LogP contribution in [0, 0.1) is 11.2 Å². The Balaban J connectivity index is 1.95. The van der Waals surface area contributed by atoms with E-state index in [1.165, 1.54) is 31.7 Å². The van der Waals surface area contributed by atoms with Gasteiger partial charge in [0.1, 0.15) is 11.6 Å². The molecule has 23 heavy (non-hydrogen) atoms. The van der Waals surface area contributed by atoms with Crippen molar-refractivity contribution in [3.05, 3.63) is 24.0 Å². The molecule has 0 aromatic heterocycles. The summed E-state index contributed by atoms with van der Waals surface area (Å²) in [4.78, 5) is 12.1. The molecule has 1 saturated carbocycles. The number of carbonyl (C=O) groups is 1. The molecule has 0 heterocycles. The van der Waals surface area contributed by atoms with E-state index < -0.39 is 11.8 Å². The second-order valence-electron chi connectivity index (χ2n) is 6.19. The summed E-state index contributed by atoms with van der Waals surface area (Å²) in [6.07, 6.45) is 6.17. The normalized spacial score (nSPS) is 16.7. The maximum Gasteiger partial charge on any atom is 0.319 e. The molecule has 2 rings (SSSR count).